The van der Waals surface area contributed by atoms with Crippen molar-refractivity contribution in [1.29, 1.82) is 0 Å². The maximum absolute atomic E-state index is 12.4. The molecule has 24 heavy (non-hydrogen) atoms. The average Bonchev–Trinajstić information content (AvgIpc) is 2.94. The largest absolute Gasteiger partial charge is 0.326 e. The lowest BCUT2D eigenvalue weighted by Crippen LogP contribution is -2.23. The number of imidazole rings is 1. The number of nitrogens with zero attached hydrogens (tertiary/aromatic N) is 2. The lowest BCUT2D eigenvalue weighted by atomic mass is 9.87. The fourth-order valence-electron chi connectivity index (χ4n) is 2.33. The summed E-state index contributed by atoms with van der Waals surface area (Å²) in [5.74, 6) is -0.00504. The van der Waals surface area contributed by atoms with Crippen molar-refractivity contribution >= 4 is 23.4 Å². The van der Waals surface area contributed by atoms with Crippen molar-refractivity contribution in [3.63, 3.8) is 0 Å². The highest BCUT2D eigenvalue weighted by Gasteiger charge is 2.18. The topological polar surface area (TPSA) is 46.9 Å². The fourth-order valence-corrected chi connectivity index (χ4v) is 3.23. The van der Waals surface area contributed by atoms with E-state index < -0.39 is 0 Å². The number of thioether (sulfide) groups is 1. The van der Waals surface area contributed by atoms with Gasteiger partial charge in [-0.3, -0.25) is 4.79 Å². The van der Waals surface area contributed by atoms with Crippen LogP contribution in [0.1, 0.15) is 46.6 Å². The molecule has 0 aliphatic heterocycles. The maximum Gasteiger partial charge on any atom is 0.237 e. The van der Waals surface area contributed by atoms with Crippen LogP contribution in [0.25, 0.3) is 0 Å². The van der Waals surface area contributed by atoms with Gasteiger partial charge < -0.3 is 9.88 Å². The highest BCUT2D eigenvalue weighted by Crippen LogP contribution is 2.25. The zero-order valence-electron chi connectivity index (χ0n) is 15.2. The van der Waals surface area contributed by atoms with Gasteiger partial charge in [-0.1, -0.05) is 51.6 Å². The summed E-state index contributed by atoms with van der Waals surface area (Å²) < 4.78 is 2.09. The molecule has 0 aliphatic rings. The minimum atomic E-state index is -0.203. The van der Waals surface area contributed by atoms with Gasteiger partial charge in [0.05, 0.1) is 5.25 Å². The Bertz CT molecular complexity index is 671. The van der Waals surface area contributed by atoms with Gasteiger partial charge in [-0.25, -0.2) is 4.98 Å². The SMILES string of the molecule is CCCn1ccnc1SC(C)C(=O)Nc1ccc(C(C)(C)C)cc1. The lowest BCUT2D eigenvalue weighted by molar-refractivity contribution is -0.115. The highest BCUT2D eigenvalue weighted by molar-refractivity contribution is 8.00. The molecule has 1 aromatic heterocycles. The van der Waals surface area contributed by atoms with Gasteiger partial charge in [0.2, 0.25) is 5.91 Å². The predicted molar refractivity (Wildman–Crippen MR) is 102 cm³/mol. The standard InChI is InChI=1S/C19H27N3OS/c1-6-12-22-13-11-20-18(22)24-14(2)17(23)21-16-9-7-15(8-10-16)19(3,4)5/h7-11,13-14H,6,12H2,1-5H3,(H,21,23). The highest BCUT2D eigenvalue weighted by atomic mass is 32.2. The van der Waals surface area contributed by atoms with E-state index >= 15 is 0 Å². The zero-order valence-corrected chi connectivity index (χ0v) is 16.0. The van der Waals surface area contributed by atoms with Gasteiger partial charge in [-0.2, -0.15) is 0 Å². The number of hydrogen-bond donors (Lipinski definition) is 1. The molecule has 2 aromatic rings. The van der Waals surface area contributed by atoms with Gasteiger partial charge in [0, 0.05) is 24.6 Å². The Hall–Kier alpha value is -1.75. The summed E-state index contributed by atoms with van der Waals surface area (Å²) in [5, 5.41) is 3.68. The number of anilines is 1. The van der Waals surface area contributed by atoms with E-state index in [9.17, 15) is 4.79 Å². The number of rotatable bonds is 6. The van der Waals surface area contributed by atoms with Crippen molar-refractivity contribution in [1.82, 2.24) is 9.55 Å². The Kier molecular flexibility index (Phi) is 6.10. The number of amides is 1. The van der Waals surface area contributed by atoms with Crippen molar-refractivity contribution in [2.24, 2.45) is 0 Å². The second kappa shape index (κ2) is 7.88. The molecule has 0 radical (unpaired) electrons. The zero-order chi connectivity index (χ0) is 17.7. The van der Waals surface area contributed by atoms with Crippen LogP contribution in [-0.4, -0.2) is 20.7 Å². The van der Waals surface area contributed by atoms with Gasteiger partial charge >= 0.3 is 0 Å². The molecule has 4 nitrogen and oxygen atoms in total. The van der Waals surface area contributed by atoms with Crippen LogP contribution < -0.4 is 5.32 Å². The van der Waals surface area contributed by atoms with E-state index in [4.69, 9.17) is 0 Å². The molecule has 5 heteroatoms. The molecule has 1 N–H and O–H groups in total. The molecule has 1 atom stereocenters. The Morgan fingerprint density at radius 1 is 1.29 bits per heavy atom. The third kappa shape index (κ3) is 4.87. The predicted octanol–water partition coefficient (Wildman–Crippen LogP) is 4.71. The molecule has 0 fully saturated rings. The van der Waals surface area contributed by atoms with Crippen molar-refractivity contribution in [3.05, 3.63) is 42.2 Å². The second-order valence-electron chi connectivity index (χ2n) is 6.98. The Morgan fingerprint density at radius 2 is 1.96 bits per heavy atom. The molecule has 1 heterocycles. The number of benzene rings is 1. The van der Waals surface area contributed by atoms with Gasteiger partial charge in [0.25, 0.3) is 0 Å². The molecular formula is C19H27N3OS. The molecule has 1 aromatic carbocycles. The number of carbonyl (C=O) groups is 1. The third-order valence-electron chi connectivity index (χ3n) is 3.81. The molecule has 1 unspecified atom stereocenters. The van der Waals surface area contributed by atoms with Crippen LogP contribution in [0.2, 0.25) is 0 Å². The van der Waals surface area contributed by atoms with Crippen molar-refractivity contribution in [2.75, 3.05) is 5.32 Å². The molecule has 2 rings (SSSR count). The summed E-state index contributed by atoms with van der Waals surface area (Å²) in [6.45, 7) is 11.5. The first-order valence-electron chi connectivity index (χ1n) is 8.40. The maximum atomic E-state index is 12.4. The number of nitrogens with one attached hydrogen (secondary N) is 1. The molecule has 1 amide bonds. The van der Waals surface area contributed by atoms with Gasteiger partial charge in [0.1, 0.15) is 0 Å². The Labute approximate surface area is 149 Å². The monoisotopic (exact) mass is 345 g/mol. The molecule has 0 bridgehead atoms. The molecule has 0 aliphatic carbocycles. The Balaban J connectivity index is 1.97. The number of hydrogen-bond acceptors (Lipinski definition) is 3. The summed E-state index contributed by atoms with van der Waals surface area (Å²) in [4.78, 5) is 16.8. The minimum Gasteiger partial charge on any atom is -0.326 e. The van der Waals surface area contributed by atoms with E-state index in [-0.39, 0.29) is 16.6 Å². The molecule has 130 valence electrons. The molecule has 0 saturated carbocycles. The van der Waals surface area contributed by atoms with Crippen LogP contribution >= 0.6 is 11.8 Å². The van der Waals surface area contributed by atoms with Crippen LogP contribution in [0.5, 0.6) is 0 Å². The van der Waals surface area contributed by atoms with Crippen molar-refractivity contribution in [2.45, 2.75) is 63.4 Å². The van der Waals surface area contributed by atoms with Crippen LogP contribution in [0, 0.1) is 0 Å². The third-order valence-corrected chi connectivity index (χ3v) is 4.93. The quantitative estimate of drug-likeness (QED) is 0.771. The van der Waals surface area contributed by atoms with Crippen LogP contribution in [0.3, 0.4) is 0 Å². The number of aryl methyl sites for hydroxylation is 1. The van der Waals surface area contributed by atoms with Crippen molar-refractivity contribution in [3.8, 4) is 0 Å². The molecule has 0 spiro atoms. The van der Waals surface area contributed by atoms with E-state index in [0.717, 1.165) is 23.8 Å². The summed E-state index contributed by atoms with van der Waals surface area (Å²) in [5.41, 5.74) is 2.20. The summed E-state index contributed by atoms with van der Waals surface area (Å²) >= 11 is 1.49. The molecular weight excluding hydrogens is 318 g/mol. The lowest BCUT2D eigenvalue weighted by Gasteiger charge is -2.19. The summed E-state index contributed by atoms with van der Waals surface area (Å²) in [7, 11) is 0. The van der Waals surface area contributed by atoms with Gasteiger partial charge in [-0.15, -0.1) is 0 Å². The van der Waals surface area contributed by atoms with Gasteiger partial charge in [-0.05, 0) is 36.5 Å². The van der Waals surface area contributed by atoms with E-state index in [1.165, 1.54) is 17.3 Å². The number of carbonyl (C=O) groups excluding carboxylic acids is 1. The fraction of sp³-hybridized carbons (Fsp3) is 0.474. The van der Waals surface area contributed by atoms with E-state index in [1.807, 2.05) is 25.3 Å². The van der Waals surface area contributed by atoms with Crippen LogP contribution in [0.4, 0.5) is 5.69 Å². The normalized spacial score (nSPS) is 12.9. The first kappa shape index (κ1) is 18.6. The van der Waals surface area contributed by atoms with Crippen molar-refractivity contribution < 1.29 is 4.79 Å². The summed E-state index contributed by atoms with van der Waals surface area (Å²) in [6.07, 6.45) is 4.79. The van der Waals surface area contributed by atoms with Crippen LogP contribution in [-0.2, 0) is 16.8 Å². The molecule has 0 saturated heterocycles. The minimum absolute atomic E-state index is 0.00504. The summed E-state index contributed by atoms with van der Waals surface area (Å²) in [6, 6.07) is 8.07. The van der Waals surface area contributed by atoms with E-state index in [2.05, 4.69) is 54.7 Å². The average molecular weight is 346 g/mol. The second-order valence-corrected chi connectivity index (χ2v) is 8.29. The van der Waals surface area contributed by atoms with E-state index in [1.54, 1.807) is 6.20 Å². The Morgan fingerprint density at radius 3 is 2.54 bits per heavy atom. The first-order valence-corrected chi connectivity index (χ1v) is 9.28. The van der Waals surface area contributed by atoms with E-state index in [0.29, 0.717) is 0 Å². The van der Waals surface area contributed by atoms with Crippen LogP contribution in [0.15, 0.2) is 41.8 Å². The number of aromatic nitrogens is 2. The van der Waals surface area contributed by atoms with Gasteiger partial charge in [0.15, 0.2) is 5.16 Å². The smallest absolute Gasteiger partial charge is 0.237 e. The first-order chi connectivity index (χ1) is 11.3.